The Morgan fingerprint density at radius 3 is 2.00 bits per heavy atom. The molecule has 0 spiro atoms. The molecule has 274 valence electrons. The van der Waals surface area contributed by atoms with Crippen molar-refractivity contribution < 1.29 is 23.5 Å². The molecule has 6 rings (SSSR count). The van der Waals surface area contributed by atoms with Gasteiger partial charge >= 0.3 is 0 Å². The van der Waals surface area contributed by atoms with Crippen LogP contribution in [0.15, 0.2) is 60.8 Å². The van der Waals surface area contributed by atoms with Crippen molar-refractivity contribution in [3.05, 3.63) is 82.8 Å². The van der Waals surface area contributed by atoms with Crippen molar-refractivity contribution in [3.8, 4) is 45.3 Å². The summed E-state index contributed by atoms with van der Waals surface area (Å²) >= 11 is 7.00. The number of ether oxygens (including phenoxy) is 2. The minimum Gasteiger partial charge on any atom is -0.496 e. The highest BCUT2D eigenvalue weighted by Crippen LogP contribution is 2.39. The average molecular weight is 729 g/mol. The number of hydrogen-bond acceptors (Lipinski definition) is 8. The maximum absolute atomic E-state index is 16.4. The summed E-state index contributed by atoms with van der Waals surface area (Å²) in [5.41, 5.74) is 4.73. The molecule has 0 unspecified atom stereocenters. The van der Waals surface area contributed by atoms with Crippen LogP contribution in [0.3, 0.4) is 0 Å². The number of rotatable bonds is 11. The second kappa shape index (κ2) is 16.8. The summed E-state index contributed by atoms with van der Waals surface area (Å²) in [6.07, 6.45) is 5.20. The number of hydrogen-bond donors (Lipinski definition) is 2. The van der Waals surface area contributed by atoms with Crippen LogP contribution in [-0.4, -0.2) is 84.1 Å². The smallest absolute Gasteiger partial charge is 0.219 e. The second-order valence-electron chi connectivity index (χ2n) is 13.4. The first-order chi connectivity index (χ1) is 25.2. The number of carbonyl (C=O) groups excluding carboxylic acids is 2. The van der Waals surface area contributed by atoms with Crippen LogP contribution >= 0.6 is 11.6 Å². The van der Waals surface area contributed by atoms with Crippen molar-refractivity contribution in [3.63, 3.8) is 0 Å². The molecule has 2 aromatic heterocycles. The summed E-state index contributed by atoms with van der Waals surface area (Å²) in [5, 5.41) is 7.49. The molecule has 2 aliphatic heterocycles. The van der Waals surface area contributed by atoms with Crippen LogP contribution in [0.4, 0.5) is 4.39 Å². The molecule has 2 aliphatic rings. The minimum atomic E-state index is -0.452. The van der Waals surface area contributed by atoms with Gasteiger partial charge in [0.25, 0.3) is 0 Å². The number of piperidine rings is 2. The van der Waals surface area contributed by atoms with Crippen molar-refractivity contribution >= 4 is 23.4 Å². The van der Waals surface area contributed by atoms with Gasteiger partial charge in [-0.2, -0.15) is 0 Å². The standard InChI is InChI=1S/C40H46ClFN6O4/c1-25(49)47-18-13-30(14-19-47)44-23-28-9-8-27(22-36(28)51-3)39-37(41)32(12-17-43-39)33-6-5-7-34(38(33)42)35-11-10-29(40(46-35)52-4)24-45-31-15-20-48(21-16-31)26(2)50/h5-12,17,22,30-31,44-45H,13-16,18-21,23-24H2,1-4H3. The van der Waals surface area contributed by atoms with E-state index in [-0.39, 0.29) is 17.9 Å². The summed E-state index contributed by atoms with van der Waals surface area (Å²) in [5.74, 6) is 0.895. The third kappa shape index (κ3) is 8.38. The predicted molar refractivity (Wildman–Crippen MR) is 201 cm³/mol. The summed E-state index contributed by atoms with van der Waals surface area (Å²) < 4.78 is 27.8. The Bertz CT molecular complexity index is 1770. The van der Waals surface area contributed by atoms with Gasteiger partial charge in [-0.3, -0.25) is 14.6 Å². The van der Waals surface area contributed by atoms with Gasteiger partial charge in [0.15, 0.2) is 0 Å². The van der Waals surface area contributed by atoms with Crippen molar-refractivity contribution in [1.82, 2.24) is 30.4 Å². The topological polar surface area (TPSA) is 109 Å². The molecular weight excluding hydrogens is 683 g/mol. The van der Waals surface area contributed by atoms with Crippen LogP contribution < -0.4 is 20.1 Å². The zero-order valence-corrected chi connectivity index (χ0v) is 30.9. The number of carbonyl (C=O) groups is 2. The van der Waals surface area contributed by atoms with E-state index in [4.69, 9.17) is 26.1 Å². The lowest BCUT2D eigenvalue weighted by Gasteiger charge is -2.32. The highest BCUT2D eigenvalue weighted by Gasteiger charge is 2.23. The molecule has 4 heterocycles. The number of pyridine rings is 2. The van der Waals surface area contributed by atoms with E-state index in [1.165, 1.54) is 0 Å². The fourth-order valence-corrected chi connectivity index (χ4v) is 7.39. The number of benzene rings is 2. The quantitative estimate of drug-likeness (QED) is 0.181. The van der Waals surface area contributed by atoms with E-state index >= 15 is 4.39 Å². The minimum absolute atomic E-state index is 0.109. The molecular formula is C40H46ClFN6O4. The lowest BCUT2D eigenvalue weighted by atomic mass is 9.98. The van der Waals surface area contributed by atoms with Gasteiger partial charge in [0.1, 0.15) is 11.6 Å². The molecule has 0 atom stereocenters. The maximum Gasteiger partial charge on any atom is 0.219 e. The van der Waals surface area contributed by atoms with E-state index in [0.29, 0.717) is 63.9 Å². The molecule has 4 aromatic rings. The first-order valence-electron chi connectivity index (χ1n) is 17.8. The van der Waals surface area contributed by atoms with E-state index in [2.05, 4.69) is 15.6 Å². The molecule has 0 radical (unpaired) electrons. The summed E-state index contributed by atoms with van der Waals surface area (Å²) in [7, 11) is 3.19. The van der Waals surface area contributed by atoms with Crippen LogP contribution in [0.2, 0.25) is 5.02 Å². The van der Waals surface area contributed by atoms with Gasteiger partial charge in [-0.1, -0.05) is 41.9 Å². The molecule has 0 aliphatic carbocycles. The maximum atomic E-state index is 16.4. The van der Waals surface area contributed by atoms with Crippen molar-refractivity contribution in [2.24, 2.45) is 0 Å². The number of halogens is 2. The number of amides is 2. The van der Waals surface area contributed by atoms with E-state index in [1.54, 1.807) is 64.6 Å². The molecule has 2 fully saturated rings. The Morgan fingerprint density at radius 1 is 0.808 bits per heavy atom. The third-order valence-corrected chi connectivity index (χ3v) is 10.6. The Hall–Kier alpha value is -4.58. The van der Waals surface area contributed by atoms with Crippen molar-refractivity contribution in [1.29, 1.82) is 0 Å². The number of methoxy groups -OCH3 is 2. The van der Waals surface area contributed by atoms with E-state index in [9.17, 15) is 9.59 Å². The van der Waals surface area contributed by atoms with E-state index in [0.717, 1.165) is 68.6 Å². The Morgan fingerprint density at radius 2 is 1.40 bits per heavy atom. The third-order valence-electron chi connectivity index (χ3n) is 10.2. The molecule has 2 aromatic carbocycles. The fraction of sp³-hybridized carbons (Fsp3) is 0.400. The van der Waals surface area contributed by atoms with Crippen LogP contribution in [0.1, 0.15) is 50.7 Å². The lowest BCUT2D eigenvalue weighted by molar-refractivity contribution is -0.130. The number of nitrogens with zero attached hydrogens (tertiary/aromatic N) is 4. The van der Waals surface area contributed by atoms with Crippen LogP contribution in [0, 0.1) is 5.82 Å². The molecule has 2 N–H and O–H groups in total. The van der Waals surface area contributed by atoms with Gasteiger partial charge in [-0.25, -0.2) is 9.37 Å². The Balaban J connectivity index is 1.18. The first-order valence-corrected chi connectivity index (χ1v) is 18.2. The Kier molecular flexibility index (Phi) is 12.0. The van der Waals surface area contributed by atoms with Gasteiger partial charge in [-0.05, 0) is 49.9 Å². The highest BCUT2D eigenvalue weighted by atomic mass is 35.5. The van der Waals surface area contributed by atoms with Crippen LogP contribution in [0.5, 0.6) is 11.6 Å². The summed E-state index contributed by atoms with van der Waals surface area (Å²) in [4.78, 5) is 36.4. The molecule has 2 saturated heterocycles. The number of aromatic nitrogens is 2. The number of nitrogens with one attached hydrogen (secondary N) is 2. The van der Waals surface area contributed by atoms with Crippen LogP contribution in [0.25, 0.3) is 33.6 Å². The molecule has 10 nitrogen and oxygen atoms in total. The van der Waals surface area contributed by atoms with E-state index < -0.39 is 5.82 Å². The molecule has 12 heteroatoms. The van der Waals surface area contributed by atoms with Gasteiger partial charge in [0.05, 0.1) is 30.6 Å². The zero-order chi connectivity index (χ0) is 36.8. The first kappa shape index (κ1) is 37.2. The Labute approximate surface area is 309 Å². The van der Waals surface area contributed by atoms with Crippen molar-refractivity contribution in [2.75, 3.05) is 40.4 Å². The molecule has 0 bridgehead atoms. The van der Waals surface area contributed by atoms with Gasteiger partial charge in [0, 0.05) is 105 Å². The van der Waals surface area contributed by atoms with Gasteiger partial charge in [-0.15, -0.1) is 0 Å². The SMILES string of the molecule is COc1cc(-c2nccc(-c3cccc(-c4ccc(CNC5CCN(C(C)=O)CC5)c(OC)n4)c3F)c2Cl)ccc1CNC1CCN(C(C)=O)CC1. The lowest BCUT2D eigenvalue weighted by Crippen LogP contribution is -2.44. The second-order valence-corrected chi connectivity index (χ2v) is 13.8. The molecule has 0 saturated carbocycles. The zero-order valence-electron chi connectivity index (χ0n) is 30.2. The van der Waals surface area contributed by atoms with Crippen molar-refractivity contribution in [2.45, 2.75) is 64.7 Å². The average Bonchev–Trinajstić information content (AvgIpc) is 3.17. The molecule has 2 amide bonds. The largest absolute Gasteiger partial charge is 0.496 e. The fourth-order valence-electron chi connectivity index (χ4n) is 7.06. The molecule has 52 heavy (non-hydrogen) atoms. The highest BCUT2D eigenvalue weighted by molar-refractivity contribution is 6.35. The predicted octanol–water partition coefficient (Wildman–Crippen LogP) is 6.49. The monoisotopic (exact) mass is 728 g/mol. The van der Waals surface area contributed by atoms with E-state index in [1.807, 2.05) is 34.1 Å². The summed E-state index contributed by atoms with van der Waals surface area (Å²) in [6, 6.07) is 17.1. The normalized spacial score (nSPS) is 15.5. The van der Waals surface area contributed by atoms with Gasteiger partial charge < -0.3 is 29.9 Å². The van der Waals surface area contributed by atoms with Gasteiger partial charge in [0.2, 0.25) is 17.7 Å². The number of likely N-dealkylation sites (tertiary alicyclic amines) is 2. The van der Waals surface area contributed by atoms with Crippen LogP contribution in [-0.2, 0) is 22.7 Å². The summed E-state index contributed by atoms with van der Waals surface area (Å²) in [6.45, 7) is 7.37.